The second-order valence-electron chi connectivity index (χ2n) is 8.43. The van der Waals surface area contributed by atoms with Crippen LogP contribution in [0.5, 0.6) is 0 Å². The monoisotopic (exact) mass is 423 g/mol. The van der Waals surface area contributed by atoms with E-state index in [-0.39, 0.29) is 12.0 Å². The maximum absolute atomic E-state index is 12.5. The molecule has 3 N–H and O–H groups in total. The Hall–Kier alpha value is -3.00. The van der Waals surface area contributed by atoms with Gasteiger partial charge < -0.3 is 20.3 Å². The zero-order valence-electron chi connectivity index (χ0n) is 17.9. The van der Waals surface area contributed by atoms with E-state index in [9.17, 15) is 9.59 Å². The second-order valence-corrected chi connectivity index (χ2v) is 8.43. The molecule has 1 saturated carbocycles. The van der Waals surface area contributed by atoms with Crippen molar-refractivity contribution >= 4 is 29.7 Å². The molecule has 1 fully saturated rings. The first-order valence-electron chi connectivity index (χ1n) is 11.0. The highest BCUT2D eigenvalue weighted by Gasteiger charge is 2.25. The van der Waals surface area contributed by atoms with Crippen molar-refractivity contribution in [3.63, 3.8) is 0 Å². The number of fused-ring (bicyclic) bond motifs is 2. The van der Waals surface area contributed by atoms with Gasteiger partial charge in [0.25, 0.3) is 5.56 Å². The average molecular weight is 424 g/mol. The van der Waals surface area contributed by atoms with Crippen LogP contribution in [0.1, 0.15) is 56.1 Å². The third-order valence-corrected chi connectivity index (χ3v) is 5.82. The number of nitrogens with zero attached hydrogens (tertiary/aromatic N) is 3. The van der Waals surface area contributed by atoms with E-state index in [1.165, 1.54) is 18.4 Å². The molecule has 164 valence electrons. The van der Waals surface area contributed by atoms with E-state index in [2.05, 4.69) is 44.7 Å². The van der Waals surface area contributed by atoms with Gasteiger partial charge >= 0.3 is 5.97 Å². The van der Waals surface area contributed by atoms with Crippen molar-refractivity contribution in [3.05, 3.63) is 44.5 Å². The Balaban J connectivity index is 1.62. The predicted molar refractivity (Wildman–Crippen MR) is 120 cm³/mol. The molecular formula is C23H29N5O3. The highest BCUT2D eigenvalue weighted by Crippen LogP contribution is 2.37. The van der Waals surface area contributed by atoms with E-state index in [4.69, 9.17) is 5.11 Å². The Morgan fingerprint density at radius 1 is 1.29 bits per heavy atom. The number of aromatic amines is 1. The molecule has 4 rings (SSSR count). The Bertz CT molecular complexity index is 1150. The van der Waals surface area contributed by atoms with Crippen LogP contribution < -0.4 is 26.6 Å². The van der Waals surface area contributed by atoms with Gasteiger partial charge in [-0.25, -0.2) is 9.98 Å². The molecule has 0 amide bonds. The summed E-state index contributed by atoms with van der Waals surface area (Å²) in [5, 5.41) is 12.7. The van der Waals surface area contributed by atoms with E-state index in [0.717, 1.165) is 42.7 Å². The number of aromatic nitrogens is 2. The molecular weight excluding hydrogens is 394 g/mol. The van der Waals surface area contributed by atoms with Crippen LogP contribution in [0.25, 0.3) is 6.58 Å². The topological polar surface area (TPSA) is 111 Å². The van der Waals surface area contributed by atoms with Crippen molar-refractivity contribution in [1.29, 1.82) is 0 Å². The molecule has 0 atom stereocenters. The van der Waals surface area contributed by atoms with Gasteiger partial charge in [-0.2, -0.15) is 0 Å². The highest BCUT2D eigenvalue weighted by molar-refractivity contribution is 5.77. The largest absolute Gasteiger partial charge is 0.481 e. The van der Waals surface area contributed by atoms with Crippen LogP contribution in [0.4, 0.5) is 17.2 Å². The normalized spacial score (nSPS) is 14.7. The Labute approximate surface area is 180 Å². The lowest BCUT2D eigenvalue weighted by Crippen LogP contribution is -2.42. The smallest absolute Gasteiger partial charge is 0.303 e. The number of carbonyl (C=O) groups is 1. The van der Waals surface area contributed by atoms with Crippen molar-refractivity contribution in [2.45, 2.75) is 64.5 Å². The van der Waals surface area contributed by atoms with Crippen LogP contribution in [0.15, 0.2) is 21.9 Å². The maximum Gasteiger partial charge on any atom is 0.303 e. The lowest BCUT2D eigenvalue weighted by atomic mass is 10.0. The molecule has 31 heavy (non-hydrogen) atoms. The minimum atomic E-state index is -0.755. The Morgan fingerprint density at radius 3 is 2.81 bits per heavy atom. The number of aliphatic carboxylic acids is 1. The second kappa shape index (κ2) is 9.01. The zero-order chi connectivity index (χ0) is 22.0. The summed E-state index contributed by atoms with van der Waals surface area (Å²) < 4.78 is 0. The molecule has 1 aliphatic carbocycles. The third kappa shape index (κ3) is 5.02. The Morgan fingerprint density at radius 2 is 2.06 bits per heavy atom. The molecule has 0 saturated heterocycles. The first kappa shape index (κ1) is 21.2. The fraction of sp³-hybridized carbons (Fsp3) is 0.478. The summed E-state index contributed by atoms with van der Waals surface area (Å²) in [6.45, 7) is 7.36. The van der Waals surface area contributed by atoms with Crippen molar-refractivity contribution in [3.8, 4) is 0 Å². The minimum Gasteiger partial charge on any atom is -0.481 e. The standard InChI is InChI=1S/C23H29N5O3/c1-14-11-18-19(12-16(14)13-24-17-8-9-17)28(10-6-4-3-5-7-20(29)30)22-21(27-18)23(31)26-15(2)25-22/h11-12,17,24H,2-10,13H2,1H3,(H,26,31)(H,29,30). The molecule has 1 aromatic heterocycles. The molecule has 0 radical (unpaired) electrons. The SMILES string of the molecule is C=c1nc2c(c(=O)[nH]1)=Nc1cc(C)c(CNC3CC3)cc1N2CCCCCCC(=O)O. The summed E-state index contributed by atoms with van der Waals surface area (Å²) in [6, 6.07) is 4.82. The summed E-state index contributed by atoms with van der Waals surface area (Å²) in [5.74, 6) is -0.216. The molecule has 2 aromatic rings. The van der Waals surface area contributed by atoms with Gasteiger partial charge in [-0.15, -0.1) is 0 Å². The van der Waals surface area contributed by atoms with Crippen LogP contribution >= 0.6 is 0 Å². The lowest BCUT2D eigenvalue weighted by Gasteiger charge is -2.29. The van der Waals surface area contributed by atoms with Gasteiger partial charge in [0.1, 0.15) is 5.48 Å². The summed E-state index contributed by atoms with van der Waals surface area (Å²) in [4.78, 5) is 37.1. The molecule has 0 unspecified atom stereocenters. The number of hydrogen-bond donors (Lipinski definition) is 3. The number of nitrogens with one attached hydrogen (secondary N) is 2. The highest BCUT2D eigenvalue weighted by atomic mass is 16.4. The van der Waals surface area contributed by atoms with Crippen molar-refractivity contribution in [2.75, 3.05) is 11.4 Å². The predicted octanol–water partition coefficient (Wildman–Crippen LogP) is 2.18. The van der Waals surface area contributed by atoms with E-state index >= 15 is 0 Å². The maximum atomic E-state index is 12.5. The molecule has 1 aliphatic heterocycles. The number of aryl methyl sites for hydroxylation is 1. The molecule has 2 heterocycles. The molecule has 8 heteroatoms. The summed E-state index contributed by atoms with van der Waals surface area (Å²) in [5.41, 5.74) is 4.12. The van der Waals surface area contributed by atoms with E-state index in [1.807, 2.05) is 6.07 Å². The minimum absolute atomic E-state index is 0.201. The first-order valence-corrected chi connectivity index (χ1v) is 11.0. The van der Waals surface area contributed by atoms with Gasteiger partial charge in [0, 0.05) is 25.6 Å². The number of rotatable bonds is 10. The number of H-pyrrole nitrogens is 1. The molecule has 2 aliphatic rings. The molecule has 0 spiro atoms. The summed E-state index contributed by atoms with van der Waals surface area (Å²) >= 11 is 0. The van der Waals surface area contributed by atoms with Gasteiger partial charge in [0.2, 0.25) is 0 Å². The van der Waals surface area contributed by atoms with Gasteiger partial charge in [0.15, 0.2) is 11.2 Å². The van der Waals surface area contributed by atoms with Crippen molar-refractivity contribution in [2.24, 2.45) is 4.99 Å². The number of benzene rings is 1. The van der Waals surface area contributed by atoms with Crippen LogP contribution in [0.3, 0.4) is 0 Å². The van der Waals surface area contributed by atoms with Crippen molar-refractivity contribution in [1.82, 2.24) is 15.3 Å². The Kier molecular flexibility index (Phi) is 6.18. The number of unbranched alkanes of at least 4 members (excludes halogenated alkanes) is 3. The van der Waals surface area contributed by atoms with E-state index in [1.54, 1.807) is 0 Å². The van der Waals surface area contributed by atoms with Crippen LogP contribution in [0.2, 0.25) is 0 Å². The molecule has 1 aromatic carbocycles. The van der Waals surface area contributed by atoms with Gasteiger partial charge in [-0.1, -0.05) is 19.4 Å². The number of anilines is 2. The fourth-order valence-electron chi connectivity index (χ4n) is 3.91. The van der Waals surface area contributed by atoms with Gasteiger partial charge in [0.05, 0.1) is 11.4 Å². The lowest BCUT2D eigenvalue weighted by molar-refractivity contribution is -0.137. The number of hydrogen-bond acceptors (Lipinski definition) is 6. The number of carboxylic acid groups (broad SMARTS) is 1. The van der Waals surface area contributed by atoms with E-state index < -0.39 is 5.97 Å². The van der Waals surface area contributed by atoms with Gasteiger partial charge in [-0.05, 0) is 55.9 Å². The van der Waals surface area contributed by atoms with Crippen LogP contribution in [0, 0.1) is 6.92 Å². The zero-order valence-corrected chi connectivity index (χ0v) is 17.9. The average Bonchev–Trinajstić information content (AvgIpc) is 3.53. The van der Waals surface area contributed by atoms with Crippen molar-refractivity contribution < 1.29 is 9.90 Å². The van der Waals surface area contributed by atoms with E-state index in [0.29, 0.717) is 35.7 Å². The van der Waals surface area contributed by atoms with Crippen LogP contribution in [-0.2, 0) is 11.3 Å². The van der Waals surface area contributed by atoms with Crippen LogP contribution in [-0.4, -0.2) is 33.6 Å². The summed E-state index contributed by atoms with van der Waals surface area (Å²) in [7, 11) is 0. The summed E-state index contributed by atoms with van der Waals surface area (Å²) in [6.07, 6.45) is 5.98. The quantitative estimate of drug-likeness (QED) is 0.505. The fourth-order valence-corrected chi connectivity index (χ4v) is 3.91. The molecule has 0 bridgehead atoms. The molecule has 8 nitrogen and oxygen atoms in total. The van der Waals surface area contributed by atoms with Gasteiger partial charge in [-0.3, -0.25) is 9.59 Å². The number of carboxylic acids is 1. The first-order chi connectivity index (χ1) is 14.9. The third-order valence-electron chi connectivity index (χ3n) is 5.82.